The molecule has 0 amide bonds. The maximum absolute atomic E-state index is 13.5. The summed E-state index contributed by atoms with van der Waals surface area (Å²) >= 11 is 0. The monoisotopic (exact) mass is 233 g/mol. The van der Waals surface area contributed by atoms with Gasteiger partial charge in [-0.3, -0.25) is 5.10 Å². The Kier molecular flexibility index (Phi) is 3.13. The summed E-state index contributed by atoms with van der Waals surface area (Å²) in [4.78, 5) is 0. The van der Waals surface area contributed by atoms with Crippen LogP contribution in [0, 0.1) is 26.6 Å². The minimum Gasteiger partial charge on any atom is -0.378 e. The maximum atomic E-state index is 13.5. The Morgan fingerprint density at radius 2 is 2.06 bits per heavy atom. The third kappa shape index (κ3) is 2.46. The molecule has 0 saturated heterocycles. The fraction of sp³-hybridized carbons (Fsp3) is 0.308. The number of H-pyrrole nitrogens is 1. The van der Waals surface area contributed by atoms with Gasteiger partial charge in [-0.05, 0) is 26.8 Å². The van der Waals surface area contributed by atoms with Gasteiger partial charge in [-0.2, -0.15) is 5.10 Å². The third-order valence-corrected chi connectivity index (χ3v) is 2.78. The summed E-state index contributed by atoms with van der Waals surface area (Å²) in [7, 11) is 0. The van der Waals surface area contributed by atoms with E-state index in [1.54, 1.807) is 6.07 Å². The zero-order chi connectivity index (χ0) is 12.4. The van der Waals surface area contributed by atoms with Crippen molar-refractivity contribution in [3.63, 3.8) is 0 Å². The lowest BCUT2D eigenvalue weighted by Crippen LogP contribution is -2.03. The summed E-state index contributed by atoms with van der Waals surface area (Å²) in [6.45, 7) is 6.28. The quantitative estimate of drug-likeness (QED) is 0.855. The molecule has 2 rings (SSSR count). The van der Waals surface area contributed by atoms with E-state index in [1.165, 1.54) is 6.07 Å². The van der Waals surface area contributed by atoms with E-state index in [4.69, 9.17) is 0 Å². The minimum atomic E-state index is -0.179. The second-order valence-corrected chi connectivity index (χ2v) is 4.26. The van der Waals surface area contributed by atoms with Crippen LogP contribution < -0.4 is 5.32 Å². The number of aromatic amines is 1. The van der Waals surface area contributed by atoms with Gasteiger partial charge in [0.1, 0.15) is 5.82 Å². The molecule has 0 spiro atoms. The molecule has 1 aromatic heterocycles. The average molecular weight is 233 g/mol. The molecule has 0 aliphatic heterocycles. The van der Waals surface area contributed by atoms with Gasteiger partial charge < -0.3 is 5.32 Å². The number of aromatic nitrogens is 2. The molecule has 0 saturated carbocycles. The highest BCUT2D eigenvalue weighted by Crippen LogP contribution is 2.18. The second kappa shape index (κ2) is 4.57. The van der Waals surface area contributed by atoms with Gasteiger partial charge in [0.2, 0.25) is 0 Å². The molecule has 0 bridgehead atoms. The van der Waals surface area contributed by atoms with Gasteiger partial charge in [0.05, 0.1) is 17.1 Å². The maximum Gasteiger partial charge on any atom is 0.128 e. The zero-order valence-electron chi connectivity index (χ0n) is 10.3. The first-order chi connectivity index (χ1) is 8.08. The average Bonchev–Trinajstić information content (AvgIpc) is 2.61. The molecule has 3 nitrogen and oxygen atoms in total. The SMILES string of the molecule is Cc1ccc(F)c(CNc2c(C)n[nH]c2C)c1. The number of hydrogen-bond donors (Lipinski definition) is 2. The van der Waals surface area contributed by atoms with Crippen molar-refractivity contribution in [3.05, 3.63) is 46.5 Å². The van der Waals surface area contributed by atoms with Crippen LogP contribution in [0.1, 0.15) is 22.5 Å². The van der Waals surface area contributed by atoms with Gasteiger partial charge in [-0.25, -0.2) is 4.39 Å². The van der Waals surface area contributed by atoms with Crippen molar-refractivity contribution in [2.24, 2.45) is 0 Å². The van der Waals surface area contributed by atoms with Crippen LogP contribution in [0.25, 0.3) is 0 Å². The Morgan fingerprint density at radius 3 is 2.71 bits per heavy atom. The van der Waals surface area contributed by atoms with E-state index in [-0.39, 0.29) is 5.82 Å². The molecule has 2 aromatic rings. The Morgan fingerprint density at radius 1 is 1.29 bits per heavy atom. The Hall–Kier alpha value is -1.84. The highest BCUT2D eigenvalue weighted by atomic mass is 19.1. The molecule has 0 aliphatic rings. The molecule has 0 fully saturated rings. The Balaban J connectivity index is 2.15. The van der Waals surface area contributed by atoms with Crippen molar-refractivity contribution >= 4 is 5.69 Å². The van der Waals surface area contributed by atoms with E-state index >= 15 is 0 Å². The highest BCUT2D eigenvalue weighted by Gasteiger charge is 2.07. The number of rotatable bonds is 3. The zero-order valence-corrected chi connectivity index (χ0v) is 10.3. The summed E-state index contributed by atoms with van der Waals surface area (Å²) in [5.41, 5.74) is 4.55. The van der Waals surface area contributed by atoms with Crippen LogP contribution in [0.3, 0.4) is 0 Å². The molecular formula is C13H16FN3. The van der Waals surface area contributed by atoms with E-state index in [0.717, 1.165) is 22.6 Å². The van der Waals surface area contributed by atoms with Crippen molar-refractivity contribution in [2.75, 3.05) is 5.32 Å². The lowest BCUT2D eigenvalue weighted by molar-refractivity contribution is 0.612. The molecule has 90 valence electrons. The summed E-state index contributed by atoms with van der Waals surface area (Å²) in [5.74, 6) is -0.179. The van der Waals surface area contributed by atoms with Crippen LogP contribution in [0.5, 0.6) is 0 Å². The van der Waals surface area contributed by atoms with E-state index in [2.05, 4.69) is 15.5 Å². The normalized spacial score (nSPS) is 10.6. The van der Waals surface area contributed by atoms with Gasteiger partial charge in [0.15, 0.2) is 0 Å². The first-order valence-corrected chi connectivity index (χ1v) is 5.58. The van der Waals surface area contributed by atoms with Crippen molar-refractivity contribution < 1.29 is 4.39 Å². The largest absolute Gasteiger partial charge is 0.378 e. The molecule has 1 heterocycles. The molecule has 17 heavy (non-hydrogen) atoms. The number of anilines is 1. The molecule has 0 atom stereocenters. The smallest absolute Gasteiger partial charge is 0.128 e. The minimum absolute atomic E-state index is 0.179. The topological polar surface area (TPSA) is 40.7 Å². The van der Waals surface area contributed by atoms with Crippen LogP contribution in [-0.2, 0) is 6.54 Å². The van der Waals surface area contributed by atoms with Gasteiger partial charge in [-0.15, -0.1) is 0 Å². The number of nitrogens with zero attached hydrogens (tertiary/aromatic N) is 1. The summed E-state index contributed by atoms with van der Waals surface area (Å²) < 4.78 is 13.5. The van der Waals surface area contributed by atoms with Gasteiger partial charge in [0, 0.05) is 12.1 Å². The van der Waals surface area contributed by atoms with E-state index in [9.17, 15) is 4.39 Å². The molecule has 1 aromatic carbocycles. The summed E-state index contributed by atoms with van der Waals surface area (Å²) in [6, 6.07) is 5.13. The predicted molar refractivity (Wildman–Crippen MR) is 66.5 cm³/mol. The van der Waals surface area contributed by atoms with Gasteiger partial charge >= 0.3 is 0 Å². The highest BCUT2D eigenvalue weighted by molar-refractivity contribution is 5.51. The fourth-order valence-corrected chi connectivity index (χ4v) is 1.83. The van der Waals surface area contributed by atoms with Crippen LogP contribution in [0.4, 0.5) is 10.1 Å². The fourth-order valence-electron chi connectivity index (χ4n) is 1.83. The van der Waals surface area contributed by atoms with Gasteiger partial charge in [-0.1, -0.05) is 17.7 Å². The number of halogens is 1. The first kappa shape index (κ1) is 11.6. The molecule has 2 N–H and O–H groups in total. The third-order valence-electron chi connectivity index (χ3n) is 2.78. The summed E-state index contributed by atoms with van der Waals surface area (Å²) in [6.07, 6.45) is 0. The summed E-state index contributed by atoms with van der Waals surface area (Å²) in [5, 5.41) is 10.2. The van der Waals surface area contributed by atoms with Crippen molar-refractivity contribution in [2.45, 2.75) is 27.3 Å². The van der Waals surface area contributed by atoms with E-state index in [1.807, 2.05) is 26.8 Å². The molecular weight excluding hydrogens is 217 g/mol. The molecule has 4 heteroatoms. The molecule has 0 unspecified atom stereocenters. The van der Waals surface area contributed by atoms with Crippen molar-refractivity contribution in [1.29, 1.82) is 0 Å². The van der Waals surface area contributed by atoms with Crippen LogP contribution in [0.15, 0.2) is 18.2 Å². The number of benzene rings is 1. The standard InChI is InChI=1S/C13H16FN3/c1-8-4-5-12(14)11(6-8)7-15-13-9(2)16-17-10(13)3/h4-6,15H,7H2,1-3H3,(H,16,17). The van der Waals surface area contributed by atoms with Crippen LogP contribution >= 0.6 is 0 Å². The Bertz CT molecular complexity index is 512. The molecule has 0 aliphatic carbocycles. The second-order valence-electron chi connectivity index (χ2n) is 4.26. The number of aryl methyl sites for hydroxylation is 3. The lowest BCUT2D eigenvalue weighted by atomic mass is 10.1. The van der Waals surface area contributed by atoms with E-state index < -0.39 is 0 Å². The first-order valence-electron chi connectivity index (χ1n) is 5.58. The van der Waals surface area contributed by atoms with E-state index in [0.29, 0.717) is 12.1 Å². The van der Waals surface area contributed by atoms with Gasteiger partial charge in [0.25, 0.3) is 0 Å². The number of hydrogen-bond acceptors (Lipinski definition) is 2. The van der Waals surface area contributed by atoms with Crippen LogP contribution in [0.2, 0.25) is 0 Å². The predicted octanol–water partition coefficient (Wildman–Crippen LogP) is 3.09. The van der Waals surface area contributed by atoms with Crippen molar-refractivity contribution in [3.8, 4) is 0 Å². The Labute approximate surface area is 100 Å². The number of nitrogens with one attached hydrogen (secondary N) is 2. The lowest BCUT2D eigenvalue weighted by Gasteiger charge is -2.08. The van der Waals surface area contributed by atoms with Crippen molar-refractivity contribution in [1.82, 2.24) is 10.2 Å². The molecule has 0 radical (unpaired) electrons. The van der Waals surface area contributed by atoms with Crippen LogP contribution in [-0.4, -0.2) is 10.2 Å².